The van der Waals surface area contributed by atoms with Crippen LogP contribution in [0.2, 0.25) is 10.0 Å². The van der Waals surface area contributed by atoms with Crippen LogP contribution in [0.1, 0.15) is 20.8 Å². The fraction of sp³-hybridized carbons (Fsp3) is 0.333. The maximum absolute atomic E-state index is 13.0. The van der Waals surface area contributed by atoms with Crippen LogP contribution < -0.4 is 9.46 Å². The Morgan fingerprint density at radius 2 is 1.52 bits per heavy atom. The summed E-state index contributed by atoms with van der Waals surface area (Å²) < 4.78 is 60.5. The molecule has 29 heavy (non-hydrogen) atoms. The van der Waals surface area contributed by atoms with Crippen LogP contribution in [0.25, 0.3) is 0 Å². The molecule has 0 amide bonds. The highest BCUT2D eigenvalue weighted by molar-refractivity contribution is 7.92. The van der Waals surface area contributed by atoms with Crippen LogP contribution in [-0.2, 0) is 20.0 Å². The number of ether oxygens (including phenoxy) is 1. The largest absolute Gasteiger partial charge is 0.492 e. The van der Waals surface area contributed by atoms with E-state index in [1.807, 2.05) is 0 Å². The molecule has 0 aliphatic carbocycles. The highest BCUT2D eigenvalue weighted by Crippen LogP contribution is 2.31. The van der Waals surface area contributed by atoms with E-state index in [4.69, 9.17) is 27.9 Å². The van der Waals surface area contributed by atoms with Crippen molar-refractivity contribution in [2.45, 2.75) is 30.6 Å². The average Bonchev–Trinajstić information content (AvgIpc) is 2.63. The molecule has 0 unspecified atom stereocenters. The second-order valence-electron chi connectivity index (χ2n) is 5.89. The quantitative estimate of drug-likeness (QED) is 0.579. The SMILES string of the molecule is CCOc1ccc(NS(=O)(=O)c2cc(Cl)cc(Cl)c2)cc1S(=O)(=O)N(CC)CC. The van der Waals surface area contributed by atoms with Crippen LogP contribution in [0.3, 0.4) is 0 Å². The van der Waals surface area contributed by atoms with Crippen molar-refractivity contribution in [3.8, 4) is 5.75 Å². The van der Waals surface area contributed by atoms with Crippen molar-refractivity contribution >= 4 is 48.9 Å². The molecule has 160 valence electrons. The van der Waals surface area contributed by atoms with Crippen molar-refractivity contribution in [1.82, 2.24) is 4.31 Å². The van der Waals surface area contributed by atoms with E-state index in [1.165, 1.54) is 40.7 Å². The molecule has 0 aromatic heterocycles. The summed E-state index contributed by atoms with van der Waals surface area (Å²) >= 11 is 11.8. The highest BCUT2D eigenvalue weighted by Gasteiger charge is 2.27. The van der Waals surface area contributed by atoms with Crippen molar-refractivity contribution < 1.29 is 21.6 Å². The van der Waals surface area contributed by atoms with Crippen molar-refractivity contribution in [2.75, 3.05) is 24.4 Å². The molecule has 2 aromatic carbocycles. The Hall–Kier alpha value is -1.52. The maximum atomic E-state index is 13.0. The lowest BCUT2D eigenvalue weighted by molar-refractivity contribution is 0.329. The molecule has 0 aliphatic heterocycles. The number of nitrogens with one attached hydrogen (secondary N) is 1. The summed E-state index contributed by atoms with van der Waals surface area (Å²) in [7, 11) is -7.92. The van der Waals surface area contributed by atoms with E-state index in [2.05, 4.69) is 4.72 Å². The summed E-state index contributed by atoms with van der Waals surface area (Å²) in [5.74, 6) is 0.146. The molecule has 7 nitrogen and oxygen atoms in total. The van der Waals surface area contributed by atoms with E-state index in [1.54, 1.807) is 20.8 Å². The van der Waals surface area contributed by atoms with Gasteiger partial charge in [0.05, 0.1) is 17.2 Å². The lowest BCUT2D eigenvalue weighted by atomic mass is 10.3. The Bertz CT molecular complexity index is 1070. The first-order valence-electron chi connectivity index (χ1n) is 8.81. The van der Waals surface area contributed by atoms with Crippen molar-refractivity contribution in [1.29, 1.82) is 0 Å². The normalized spacial score (nSPS) is 12.2. The van der Waals surface area contributed by atoms with Gasteiger partial charge in [-0.25, -0.2) is 16.8 Å². The standard InChI is InChI=1S/C18H22Cl2N2O5S2/c1-4-22(5-2)29(25,26)18-12-15(7-8-17(18)27-6-3)21-28(23,24)16-10-13(19)9-14(20)11-16/h7-12,21H,4-6H2,1-3H3. The van der Waals surface area contributed by atoms with E-state index in [0.29, 0.717) is 0 Å². The monoisotopic (exact) mass is 480 g/mol. The lowest BCUT2D eigenvalue weighted by Crippen LogP contribution is -2.31. The molecule has 11 heteroatoms. The molecule has 0 heterocycles. The van der Waals surface area contributed by atoms with Gasteiger partial charge in [0.2, 0.25) is 10.0 Å². The Morgan fingerprint density at radius 3 is 2.03 bits per heavy atom. The van der Waals surface area contributed by atoms with Gasteiger partial charge >= 0.3 is 0 Å². The first-order valence-corrected chi connectivity index (χ1v) is 12.5. The number of rotatable bonds is 9. The van der Waals surface area contributed by atoms with Crippen LogP contribution in [0.5, 0.6) is 5.75 Å². The van der Waals surface area contributed by atoms with Gasteiger partial charge in [0.25, 0.3) is 10.0 Å². The van der Waals surface area contributed by atoms with Crippen LogP contribution in [0, 0.1) is 0 Å². The van der Waals surface area contributed by atoms with Crippen LogP contribution in [0.15, 0.2) is 46.2 Å². The highest BCUT2D eigenvalue weighted by atomic mass is 35.5. The second kappa shape index (κ2) is 9.53. The molecular formula is C18H22Cl2N2O5S2. The molecule has 0 atom stereocenters. The molecule has 0 radical (unpaired) electrons. The number of anilines is 1. The first kappa shape index (κ1) is 23.8. The fourth-order valence-corrected chi connectivity index (χ4v) is 6.04. The van der Waals surface area contributed by atoms with Crippen molar-refractivity contribution in [3.63, 3.8) is 0 Å². The zero-order chi connectivity index (χ0) is 21.8. The zero-order valence-corrected chi connectivity index (χ0v) is 19.3. The van der Waals surface area contributed by atoms with E-state index in [9.17, 15) is 16.8 Å². The third-order valence-electron chi connectivity index (χ3n) is 3.97. The van der Waals surface area contributed by atoms with Crippen LogP contribution in [-0.4, -0.2) is 40.8 Å². The Morgan fingerprint density at radius 1 is 0.931 bits per heavy atom. The molecule has 0 fully saturated rings. The predicted octanol–water partition coefficient (Wildman–Crippen LogP) is 4.22. The summed E-state index contributed by atoms with van der Waals surface area (Å²) in [5.41, 5.74) is 0.0651. The van der Waals surface area contributed by atoms with E-state index < -0.39 is 20.0 Å². The topological polar surface area (TPSA) is 92.8 Å². The maximum Gasteiger partial charge on any atom is 0.261 e. The minimum absolute atomic E-state index is 0.0651. The van der Waals surface area contributed by atoms with Gasteiger partial charge in [0, 0.05) is 23.1 Å². The van der Waals surface area contributed by atoms with Gasteiger partial charge < -0.3 is 4.74 Å². The van der Waals surface area contributed by atoms with Crippen LogP contribution in [0.4, 0.5) is 5.69 Å². The van der Waals surface area contributed by atoms with Crippen molar-refractivity contribution in [3.05, 3.63) is 46.4 Å². The summed E-state index contributed by atoms with van der Waals surface area (Å²) in [5, 5.41) is 0.323. The third-order valence-corrected chi connectivity index (χ3v) is 7.83. The first-order chi connectivity index (χ1) is 13.5. The smallest absolute Gasteiger partial charge is 0.261 e. The second-order valence-corrected chi connectivity index (χ2v) is 10.4. The molecule has 0 bridgehead atoms. The Kier molecular flexibility index (Phi) is 7.80. The minimum atomic E-state index is -4.05. The van der Waals surface area contributed by atoms with Crippen molar-refractivity contribution in [2.24, 2.45) is 0 Å². The molecule has 0 spiro atoms. The number of benzene rings is 2. The molecule has 2 rings (SSSR count). The molecular weight excluding hydrogens is 459 g/mol. The zero-order valence-electron chi connectivity index (χ0n) is 16.1. The summed E-state index contributed by atoms with van der Waals surface area (Å²) in [6.45, 7) is 5.95. The molecule has 1 N–H and O–H groups in total. The van der Waals surface area contributed by atoms with Gasteiger partial charge in [-0.15, -0.1) is 0 Å². The lowest BCUT2D eigenvalue weighted by Gasteiger charge is -2.21. The van der Waals surface area contributed by atoms with Gasteiger partial charge in [-0.3, -0.25) is 4.72 Å². The molecule has 0 saturated carbocycles. The van der Waals surface area contributed by atoms with Gasteiger partial charge in [0.1, 0.15) is 10.6 Å². The number of nitrogens with zero attached hydrogens (tertiary/aromatic N) is 1. The van der Waals surface area contributed by atoms with Gasteiger partial charge in [-0.05, 0) is 43.3 Å². The van der Waals surface area contributed by atoms with E-state index >= 15 is 0 Å². The van der Waals surface area contributed by atoms with Crippen LogP contribution >= 0.6 is 23.2 Å². The number of hydrogen-bond acceptors (Lipinski definition) is 5. The van der Waals surface area contributed by atoms with E-state index in [0.717, 1.165) is 0 Å². The Labute approximate surface area is 181 Å². The van der Waals surface area contributed by atoms with Gasteiger partial charge in [-0.1, -0.05) is 37.0 Å². The molecule has 0 saturated heterocycles. The molecule has 2 aromatic rings. The average molecular weight is 481 g/mol. The number of halogens is 2. The molecule has 0 aliphatic rings. The summed E-state index contributed by atoms with van der Waals surface area (Å²) in [6, 6.07) is 7.99. The number of hydrogen-bond donors (Lipinski definition) is 1. The fourth-order valence-electron chi connectivity index (χ4n) is 2.65. The summed E-state index contributed by atoms with van der Waals surface area (Å²) in [6.07, 6.45) is 0. The third kappa shape index (κ3) is 5.55. The Balaban J connectivity index is 2.52. The number of sulfonamides is 2. The summed E-state index contributed by atoms with van der Waals surface area (Å²) in [4.78, 5) is -0.260. The minimum Gasteiger partial charge on any atom is -0.492 e. The predicted molar refractivity (Wildman–Crippen MR) is 115 cm³/mol. The van der Waals surface area contributed by atoms with Gasteiger partial charge in [-0.2, -0.15) is 4.31 Å². The van der Waals surface area contributed by atoms with Gasteiger partial charge in [0.15, 0.2) is 0 Å². The van der Waals surface area contributed by atoms with E-state index in [-0.39, 0.29) is 51.0 Å².